The van der Waals surface area contributed by atoms with Crippen molar-refractivity contribution in [2.45, 2.75) is 13.0 Å². The molecule has 0 unspecified atom stereocenters. The van der Waals surface area contributed by atoms with Crippen LogP contribution >= 0.6 is 0 Å². The van der Waals surface area contributed by atoms with Crippen molar-refractivity contribution >= 4 is 34.6 Å². The number of para-hydroxylation sites is 1. The van der Waals surface area contributed by atoms with Crippen molar-refractivity contribution in [2.24, 2.45) is 0 Å². The number of anilines is 1. The number of fused-ring (bicyclic) bond motifs is 1. The highest BCUT2D eigenvalue weighted by Crippen LogP contribution is 2.23. The number of hydrogen-bond donors (Lipinski definition) is 3. The molecule has 3 rings (SSSR count). The van der Waals surface area contributed by atoms with E-state index < -0.39 is 17.9 Å². The van der Waals surface area contributed by atoms with Gasteiger partial charge >= 0.3 is 12.0 Å². The molecule has 0 aliphatic carbocycles. The van der Waals surface area contributed by atoms with Crippen LogP contribution in [0.4, 0.5) is 10.5 Å². The minimum atomic E-state index is -0.535. The Morgan fingerprint density at radius 1 is 1.07 bits per heavy atom. The van der Waals surface area contributed by atoms with Gasteiger partial charge in [0.15, 0.2) is 0 Å². The van der Waals surface area contributed by atoms with Gasteiger partial charge in [0.2, 0.25) is 0 Å². The molecule has 0 bridgehead atoms. The second-order valence-corrected chi connectivity index (χ2v) is 6.34. The number of amides is 3. The van der Waals surface area contributed by atoms with Gasteiger partial charge in [-0.15, -0.1) is 0 Å². The Balaban J connectivity index is 1.54. The van der Waals surface area contributed by atoms with Gasteiger partial charge in [-0.1, -0.05) is 18.2 Å². The molecule has 3 N–H and O–H groups in total. The minimum Gasteiger partial charge on any atom is -0.468 e. The summed E-state index contributed by atoms with van der Waals surface area (Å²) in [5.74, 6) is -0.296. The second kappa shape index (κ2) is 8.92. The molecule has 0 saturated heterocycles. The van der Waals surface area contributed by atoms with Crippen molar-refractivity contribution in [3.05, 3.63) is 65.9 Å². The third-order valence-corrected chi connectivity index (χ3v) is 4.24. The normalized spacial score (nSPS) is 11.5. The summed E-state index contributed by atoms with van der Waals surface area (Å²) in [4.78, 5) is 35.3. The standard InChI is InChI=1S/C21H21N3O5/c1-13(18-11-15-5-3-4-6-17(15)29-18)23-21(27)24-16-9-7-14(8-10-16)20(26)22-12-19(25)28-2/h3-11,13H,12H2,1-2H3,(H,22,26)(H2,23,24,27)/t13-/m1/s1. The van der Waals surface area contributed by atoms with Crippen LogP contribution in [0, 0.1) is 0 Å². The number of methoxy groups -OCH3 is 1. The Hall–Kier alpha value is -3.81. The van der Waals surface area contributed by atoms with E-state index in [1.54, 1.807) is 24.3 Å². The molecule has 1 heterocycles. The average molecular weight is 395 g/mol. The van der Waals surface area contributed by atoms with E-state index in [2.05, 4.69) is 20.7 Å². The van der Waals surface area contributed by atoms with Crippen LogP contribution < -0.4 is 16.0 Å². The van der Waals surface area contributed by atoms with E-state index in [1.165, 1.54) is 7.11 Å². The maximum Gasteiger partial charge on any atom is 0.325 e. The Labute approximate surface area is 167 Å². The summed E-state index contributed by atoms with van der Waals surface area (Å²) in [6.45, 7) is 1.61. The molecule has 0 aliphatic heterocycles. The largest absolute Gasteiger partial charge is 0.468 e. The number of urea groups is 1. The van der Waals surface area contributed by atoms with Gasteiger partial charge in [0.05, 0.1) is 13.2 Å². The topological polar surface area (TPSA) is 110 Å². The number of benzene rings is 2. The summed E-state index contributed by atoms with van der Waals surface area (Å²) in [6, 6.07) is 15.1. The van der Waals surface area contributed by atoms with E-state index in [9.17, 15) is 14.4 Å². The van der Waals surface area contributed by atoms with Gasteiger partial charge in [0.25, 0.3) is 5.91 Å². The van der Waals surface area contributed by atoms with Crippen molar-refractivity contribution in [3.63, 3.8) is 0 Å². The number of carbonyl (C=O) groups is 3. The summed E-state index contributed by atoms with van der Waals surface area (Å²) in [6.07, 6.45) is 0. The number of carbonyl (C=O) groups excluding carboxylic acids is 3. The molecule has 0 aliphatic rings. The average Bonchev–Trinajstić information content (AvgIpc) is 3.16. The van der Waals surface area contributed by atoms with Gasteiger partial charge in [-0.25, -0.2) is 4.79 Å². The lowest BCUT2D eigenvalue weighted by Crippen LogP contribution is -2.31. The van der Waals surface area contributed by atoms with Gasteiger partial charge in [-0.05, 0) is 43.3 Å². The fourth-order valence-corrected chi connectivity index (χ4v) is 2.68. The molecule has 29 heavy (non-hydrogen) atoms. The summed E-state index contributed by atoms with van der Waals surface area (Å²) in [5.41, 5.74) is 1.64. The van der Waals surface area contributed by atoms with Crippen molar-refractivity contribution in [3.8, 4) is 0 Å². The first-order chi connectivity index (χ1) is 14.0. The van der Waals surface area contributed by atoms with Crippen molar-refractivity contribution in [2.75, 3.05) is 19.0 Å². The molecular formula is C21H21N3O5. The molecule has 150 valence electrons. The number of ether oxygens (including phenoxy) is 1. The smallest absolute Gasteiger partial charge is 0.325 e. The molecule has 8 heteroatoms. The van der Waals surface area contributed by atoms with Gasteiger partial charge in [0, 0.05) is 16.6 Å². The molecule has 2 aromatic carbocycles. The first kappa shape index (κ1) is 19.9. The highest BCUT2D eigenvalue weighted by Gasteiger charge is 2.14. The molecule has 0 saturated carbocycles. The summed E-state index contributed by atoms with van der Waals surface area (Å²) < 4.78 is 10.2. The van der Waals surface area contributed by atoms with Crippen molar-refractivity contribution in [1.29, 1.82) is 0 Å². The molecule has 1 aromatic heterocycles. The molecular weight excluding hydrogens is 374 g/mol. The lowest BCUT2D eigenvalue weighted by molar-refractivity contribution is -0.139. The van der Waals surface area contributed by atoms with Crippen LogP contribution in [-0.2, 0) is 9.53 Å². The van der Waals surface area contributed by atoms with Gasteiger partial charge in [-0.2, -0.15) is 0 Å². The molecule has 3 aromatic rings. The predicted octanol–water partition coefficient (Wildman–Crippen LogP) is 3.22. The number of hydrogen-bond acceptors (Lipinski definition) is 5. The summed E-state index contributed by atoms with van der Waals surface area (Å²) >= 11 is 0. The Morgan fingerprint density at radius 3 is 2.48 bits per heavy atom. The number of esters is 1. The van der Waals surface area contributed by atoms with Crippen LogP contribution in [0.3, 0.4) is 0 Å². The number of nitrogens with one attached hydrogen (secondary N) is 3. The SMILES string of the molecule is COC(=O)CNC(=O)c1ccc(NC(=O)N[C@H](C)c2cc3ccccc3o2)cc1. The van der Waals surface area contributed by atoms with Crippen LogP contribution in [-0.4, -0.2) is 31.6 Å². The fraction of sp³-hybridized carbons (Fsp3) is 0.190. The third-order valence-electron chi connectivity index (χ3n) is 4.24. The zero-order chi connectivity index (χ0) is 20.8. The van der Waals surface area contributed by atoms with Crippen LogP contribution in [0.25, 0.3) is 11.0 Å². The molecule has 0 fully saturated rings. The second-order valence-electron chi connectivity index (χ2n) is 6.34. The number of rotatable bonds is 6. The summed E-state index contributed by atoms with van der Waals surface area (Å²) in [7, 11) is 1.25. The molecule has 0 radical (unpaired) electrons. The lowest BCUT2D eigenvalue weighted by Gasteiger charge is -2.13. The van der Waals surface area contributed by atoms with Crippen LogP contribution in [0.1, 0.15) is 29.1 Å². The summed E-state index contributed by atoms with van der Waals surface area (Å²) in [5, 5.41) is 8.92. The molecule has 3 amide bonds. The maximum absolute atomic E-state index is 12.2. The van der Waals surface area contributed by atoms with E-state index in [-0.39, 0.29) is 12.6 Å². The van der Waals surface area contributed by atoms with Gasteiger partial charge in [-0.3, -0.25) is 9.59 Å². The minimum absolute atomic E-state index is 0.211. The lowest BCUT2D eigenvalue weighted by atomic mass is 10.2. The van der Waals surface area contributed by atoms with Gasteiger partial charge in [0.1, 0.15) is 17.9 Å². The van der Waals surface area contributed by atoms with E-state index in [0.717, 1.165) is 11.0 Å². The monoisotopic (exact) mass is 395 g/mol. The van der Waals surface area contributed by atoms with E-state index in [4.69, 9.17) is 4.42 Å². The molecule has 0 spiro atoms. The Morgan fingerprint density at radius 2 is 1.79 bits per heavy atom. The quantitative estimate of drug-likeness (QED) is 0.555. The predicted molar refractivity (Wildman–Crippen MR) is 108 cm³/mol. The van der Waals surface area contributed by atoms with Crippen molar-refractivity contribution in [1.82, 2.24) is 10.6 Å². The fourth-order valence-electron chi connectivity index (χ4n) is 2.68. The van der Waals surface area contributed by atoms with E-state index in [0.29, 0.717) is 17.0 Å². The van der Waals surface area contributed by atoms with E-state index >= 15 is 0 Å². The molecule has 1 atom stereocenters. The number of furan rings is 1. The van der Waals surface area contributed by atoms with Crippen LogP contribution in [0.2, 0.25) is 0 Å². The maximum atomic E-state index is 12.2. The zero-order valence-corrected chi connectivity index (χ0v) is 16.0. The van der Waals surface area contributed by atoms with E-state index in [1.807, 2.05) is 37.3 Å². The first-order valence-electron chi connectivity index (χ1n) is 8.97. The van der Waals surface area contributed by atoms with Crippen molar-refractivity contribution < 1.29 is 23.5 Å². The van der Waals surface area contributed by atoms with Gasteiger partial charge < -0.3 is 25.1 Å². The first-order valence-corrected chi connectivity index (χ1v) is 8.97. The Kier molecular flexibility index (Phi) is 6.13. The highest BCUT2D eigenvalue weighted by atomic mass is 16.5. The van der Waals surface area contributed by atoms with Crippen LogP contribution in [0.15, 0.2) is 59.0 Å². The third kappa shape index (κ3) is 5.13. The Bertz CT molecular complexity index is 993. The van der Waals surface area contributed by atoms with Crippen LogP contribution in [0.5, 0.6) is 0 Å². The molecule has 8 nitrogen and oxygen atoms in total. The zero-order valence-electron chi connectivity index (χ0n) is 16.0. The highest BCUT2D eigenvalue weighted by molar-refractivity contribution is 5.97.